The topological polar surface area (TPSA) is 32.3 Å². The SMILES string of the molecule is CCC(CC)CNC(CO)CC(C)(C)C. The van der Waals surface area contributed by atoms with Crippen molar-refractivity contribution in [3.05, 3.63) is 0 Å². The summed E-state index contributed by atoms with van der Waals surface area (Å²) in [5, 5.41) is 12.8. The fraction of sp³-hybridized carbons (Fsp3) is 1.00. The molecular weight excluding hydrogens is 186 g/mol. The van der Waals surface area contributed by atoms with Crippen molar-refractivity contribution in [1.82, 2.24) is 5.32 Å². The van der Waals surface area contributed by atoms with Crippen LogP contribution in [0.3, 0.4) is 0 Å². The smallest absolute Gasteiger partial charge is 0.0584 e. The number of hydrogen-bond acceptors (Lipinski definition) is 2. The minimum atomic E-state index is 0.247. The third-order valence-electron chi connectivity index (χ3n) is 2.93. The maximum absolute atomic E-state index is 9.29. The first-order chi connectivity index (χ1) is 6.92. The maximum atomic E-state index is 9.29. The normalized spacial score (nSPS) is 14.6. The summed E-state index contributed by atoms with van der Waals surface area (Å²) in [6.07, 6.45) is 3.47. The Morgan fingerprint density at radius 1 is 1.13 bits per heavy atom. The van der Waals surface area contributed by atoms with E-state index >= 15 is 0 Å². The van der Waals surface area contributed by atoms with Gasteiger partial charge < -0.3 is 10.4 Å². The van der Waals surface area contributed by atoms with Crippen molar-refractivity contribution < 1.29 is 5.11 Å². The van der Waals surface area contributed by atoms with Crippen LogP contribution in [0.15, 0.2) is 0 Å². The van der Waals surface area contributed by atoms with Crippen LogP contribution in [0, 0.1) is 11.3 Å². The lowest BCUT2D eigenvalue weighted by atomic mass is 9.88. The highest BCUT2D eigenvalue weighted by Crippen LogP contribution is 2.20. The van der Waals surface area contributed by atoms with Gasteiger partial charge in [0.1, 0.15) is 0 Å². The average Bonchev–Trinajstić information content (AvgIpc) is 2.15. The quantitative estimate of drug-likeness (QED) is 0.684. The molecule has 0 radical (unpaired) electrons. The summed E-state index contributed by atoms with van der Waals surface area (Å²) in [6, 6.07) is 0.255. The summed E-state index contributed by atoms with van der Waals surface area (Å²) >= 11 is 0. The lowest BCUT2D eigenvalue weighted by Gasteiger charge is -2.27. The Kier molecular flexibility index (Phi) is 7.20. The summed E-state index contributed by atoms with van der Waals surface area (Å²) in [5.74, 6) is 0.749. The van der Waals surface area contributed by atoms with Crippen LogP contribution >= 0.6 is 0 Å². The Morgan fingerprint density at radius 2 is 1.67 bits per heavy atom. The minimum Gasteiger partial charge on any atom is -0.395 e. The predicted octanol–water partition coefficient (Wildman–Crippen LogP) is 2.81. The first kappa shape index (κ1) is 14.9. The number of nitrogens with one attached hydrogen (secondary N) is 1. The van der Waals surface area contributed by atoms with E-state index in [1.54, 1.807) is 0 Å². The third kappa shape index (κ3) is 7.80. The second-order valence-corrected chi connectivity index (χ2v) is 5.74. The second kappa shape index (κ2) is 7.24. The van der Waals surface area contributed by atoms with Gasteiger partial charge in [-0.15, -0.1) is 0 Å². The van der Waals surface area contributed by atoms with Crippen molar-refractivity contribution in [3.63, 3.8) is 0 Å². The van der Waals surface area contributed by atoms with Crippen molar-refractivity contribution in [2.45, 2.75) is 59.9 Å². The molecular formula is C13H29NO. The number of aliphatic hydroxyl groups is 1. The van der Waals surface area contributed by atoms with E-state index in [0.717, 1.165) is 18.9 Å². The molecule has 0 aromatic heterocycles. The van der Waals surface area contributed by atoms with E-state index in [4.69, 9.17) is 0 Å². The molecule has 2 N–H and O–H groups in total. The summed E-state index contributed by atoms with van der Waals surface area (Å²) in [6.45, 7) is 12.4. The molecule has 0 saturated carbocycles. The monoisotopic (exact) mass is 215 g/mol. The van der Waals surface area contributed by atoms with E-state index in [1.807, 2.05) is 0 Å². The van der Waals surface area contributed by atoms with Gasteiger partial charge in [0.25, 0.3) is 0 Å². The Labute approximate surface area is 95.5 Å². The predicted molar refractivity (Wildman–Crippen MR) is 67.0 cm³/mol. The van der Waals surface area contributed by atoms with E-state index < -0.39 is 0 Å². The zero-order chi connectivity index (χ0) is 11.9. The van der Waals surface area contributed by atoms with Crippen LogP contribution in [-0.4, -0.2) is 24.3 Å². The molecule has 0 saturated heterocycles. The molecule has 0 aromatic rings. The van der Waals surface area contributed by atoms with Crippen molar-refractivity contribution in [3.8, 4) is 0 Å². The third-order valence-corrected chi connectivity index (χ3v) is 2.93. The highest BCUT2D eigenvalue weighted by atomic mass is 16.3. The Morgan fingerprint density at radius 3 is 2.00 bits per heavy atom. The summed E-state index contributed by atoms with van der Waals surface area (Å²) < 4.78 is 0. The largest absolute Gasteiger partial charge is 0.395 e. The Balaban J connectivity index is 3.89. The summed E-state index contributed by atoms with van der Waals surface area (Å²) in [5.41, 5.74) is 0.286. The molecule has 1 atom stereocenters. The van der Waals surface area contributed by atoms with Crippen molar-refractivity contribution in [1.29, 1.82) is 0 Å². The van der Waals surface area contributed by atoms with Gasteiger partial charge in [-0.2, -0.15) is 0 Å². The van der Waals surface area contributed by atoms with Gasteiger partial charge >= 0.3 is 0 Å². The molecule has 0 fully saturated rings. The molecule has 1 unspecified atom stereocenters. The Bertz CT molecular complexity index is 147. The van der Waals surface area contributed by atoms with Gasteiger partial charge in [-0.05, 0) is 24.3 Å². The lowest BCUT2D eigenvalue weighted by molar-refractivity contribution is 0.193. The van der Waals surface area contributed by atoms with Crippen LogP contribution in [-0.2, 0) is 0 Å². The van der Waals surface area contributed by atoms with Crippen molar-refractivity contribution >= 4 is 0 Å². The molecule has 2 heteroatoms. The van der Waals surface area contributed by atoms with Crippen molar-refractivity contribution in [2.24, 2.45) is 11.3 Å². The first-order valence-electron chi connectivity index (χ1n) is 6.27. The fourth-order valence-corrected chi connectivity index (χ4v) is 1.85. The van der Waals surface area contributed by atoms with Crippen molar-refractivity contribution in [2.75, 3.05) is 13.2 Å². The highest BCUT2D eigenvalue weighted by molar-refractivity contribution is 4.75. The van der Waals surface area contributed by atoms with Crippen LogP contribution in [0.5, 0.6) is 0 Å². The highest BCUT2D eigenvalue weighted by Gasteiger charge is 2.18. The molecule has 0 spiro atoms. The van der Waals surface area contributed by atoms with E-state index in [2.05, 4.69) is 39.9 Å². The first-order valence-corrected chi connectivity index (χ1v) is 6.27. The minimum absolute atomic E-state index is 0.247. The number of hydrogen-bond donors (Lipinski definition) is 2. The zero-order valence-electron chi connectivity index (χ0n) is 11.1. The molecule has 0 aliphatic carbocycles. The van der Waals surface area contributed by atoms with Gasteiger partial charge in [0.2, 0.25) is 0 Å². The molecule has 0 aliphatic heterocycles. The molecule has 92 valence electrons. The molecule has 0 heterocycles. The van der Waals surface area contributed by atoms with Crippen LogP contribution in [0.1, 0.15) is 53.9 Å². The van der Waals surface area contributed by atoms with Crippen LogP contribution in [0.2, 0.25) is 0 Å². The molecule has 0 rings (SSSR count). The van der Waals surface area contributed by atoms with E-state index in [9.17, 15) is 5.11 Å². The molecule has 0 aromatic carbocycles. The molecule has 15 heavy (non-hydrogen) atoms. The Hall–Kier alpha value is -0.0800. The van der Waals surface area contributed by atoms with Crippen LogP contribution in [0.25, 0.3) is 0 Å². The lowest BCUT2D eigenvalue weighted by Crippen LogP contribution is -2.38. The second-order valence-electron chi connectivity index (χ2n) is 5.74. The van der Waals surface area contributed by atoms with Gasteiger partial charge in [-0.1, -0.05) is 47.5 Å². The molecule has 2 nitrogen and oxygen atoms in total. The average molecular weight is 215 g/mol. The summed E-state index contributed by atoms with van der Waals surface area (Å²) in [7, 11) is 0. The van der Waals surface area contributed by atoms with Gasteiger partial charge in [0.15, 0.2) is 0 Å². The standard InChI is InChI=1S/C13H29NO/c1-6-11(7-2)9-14-12(10-15)8-13(3,4)5/h11-12,14-15H,6-10H2,1-5H3. The van der Waals surface area contributed by atoms with Gasteiger partial charge in [0.05, 0.1) is 6.61 Å². The van der Waals surface area contributed by atoms with Gasteiger partial charge in [-0.3, -0.25) is 0 Å². The fourth-order valence-electron chi connectivity index (χ4n) is 1.85. The van der Waals surface area contributed by atoms with E-state index in [1.165, 1.54) is 12.8 Å². The van der Waals surface area contributed by atoms with Crippen LogP contribution < -0.4 is 5.32 Å². The molecule has 0 bridgehead atoms. The summed E-state index contributed by atoms with van der Waals surface area (Å²) in [4.78, 5) is 0. The van der Waals surface area contributed by atoms with Gasteiger partial charge in [0, 0.05) is 6.04 Å². The molecule has 0 aliphatic rings. The number of aliphatic hydroxyl groups excluding tert-OH is 1. The zero-order valence-corrected chi connectivity index (χ0v) is 11.1. The van der Waals surface area contributed by atoms with E-state index in [0.29, 0.717) is 0 Å². The van der Waals surface area contributed by atoms with Gasteiger partial charge in [-0.25, -0.2) is 0 Å². The number of rotatable bonds is 7. The van der Waals surface area contributed by atoms with Crippen LogP contribution in [0.4, 0.5) is 0 Å². The maximum Gasteiger partial charge on any atom is 0.0584 e. The van der Waals surface area contributed by atoms with E-state index in [-0.39, 0.29) is 18.1 Å². The molecule has 0 amide bonds.